The molecule has 7 nitrogen and oxygen atoms in total. The second-order valence-electron chi connectivity index (χ2n) is 9.01. The van der Waals surface area contributed by atoms with Crippen LogP contribution in [0.25, 0.3) is 0 Å². The molecular weight excluding hydrogens is 427 g/mol. The first-order valence-electron chi connectivity index (χ1n) is 11.4. The molecule has 0 spiro atoms. The van der Waals surface area contributed by atoms with Crippen molar-refractivity contribution in [1.29, 1.82) is 5.41 Å². The van der Waals surface area contributed by atoms with Crippen LogP contribution < -0.4 is 10.6 Å². The molecule has 0 bridgehead atoms. The van der Waals surface area contributed by atoms with Gasteiger partial charge in [-0.3, -0.25) is 4.90 Å². The van der Waals surface area contributed by atoms with Crippen molar-refractivity contribution in [2.24, 2.45) is 17.6 Å². The van der Waals surface area contributed by atoms with Gasteiger partial charge in [0.1, 0.15) is 17.9 Å². The van der Waals surface area contributed by atoms with Crippen LogP contribution >= 0.6 is 11.8 Å². The first kappa shape index (κ1) is 23.0. The van der Waals surface area contributed by atoms with Crippen LogP contribution in [0.2, 0.25) is 0 Å². The van der Waals surface area contributed by atoms with E-state index in [-0.39, 0.29) is 23.5 Å². The Labute approximate surface area is 193 Å². The van der Waals surface area contributed by atoms with E-state index in [1.807, 2.05) is 38.6 Å². The predicted molar refractivity (Wildman–Crippen MR) is 128 cm³/mol. The Bertz CT molecular complexity index is 906. The van der Waals surface area contributed by atoms with Crippen LogP contribution in [-0.2, 0) is 4.74 Å². The fraction of sp³-hybridized carbons (Fsp3) is 0.609. The van der Waals surface area contributed by atoms with Gasteiger partial charge in [0.2, 0.25) is 0 Å². The lowest BCUT2D eigenvalue weighted by Gasteiger charge is -2.38. The summed E-state index contributed by atoms with van der Waals surface area (Å²) >= 11 is 2.05. The molecule has 3 aliphatic rings. The maximum Gasteiger partial charge on any atom is 0.162 e. The van der Waals surface area contributed by atoms with Gasteiger partial charge in [0.15, 0.2) is 5.83 Å². The number of halogens is 1. The lowest BCUT2D eigenvalue weighted by atomic mass is 9.80. The first-order valence-corrected chi connectivity index (χ1v) is 12.5. The number of rotatable bonds is 6. The molecule has 9 heteroatoms. The van der Waals surface area contributed by atoms with E-state index in [0.29, 0.717) is 17.4 Å². The number of piperazine rings is 1. The highest BCUT2D eigenvalue weighted by molar-refractivity contribution is 7.99. The SMILES string of the molecule is CC(C)OC1=C(F)C=C(N)C(C(=N)c2cc(N3CCN(C4CCSC4)CC3)ncn2)C1C. The van der Waals surface area contributed by atoms with Crippen LogP contribution in [0.4, 0.5) is 10.2 Å². The van der Waals surface area contributed by atoms with Gasteiger partial charge in [-0.25, -0.2) is 14.4 Å². The molecule has 32 heavy (non-hydrogen) atoms. The topological polar surface area (TPSA) is 91.4 Å². The number of nitrogens with zero attached hydrogens (tertiary/aromatic N) is 4. The number of anilines is 1. The molecule has 1 aromatic rings. The van der Waals surface area contributed by atoms with Gasteiger partial charge in [0, 0.05) is 55.7 Å². The van der Waals surface area contributed by atoms with Crippen LogP contribution in [-0.4, -0.2) is 70.4 Å². The van der Waals surface area contributed by atoms with Gasteiger partial charge in [-0.15, -0.1) is 0 Å². The minimum Gasteiger partial charge on any atom is -0.492 e. The summed E-state index contributed by atoms with van der Waals surface area (Å²) in [4.78, 5) is 13.7. The van der Waals surface area contributed by atoms with Crippen molar-refractivity contribution >= 4 is 23.3 Å². The third-order valence-corrected chi connectivity index (χ3v) is 7.61. The van der Waals surface area contributed by atoms with Crippen molar-refractivity contribution in [3.63, 3.8) is 0 Å². The van der Waals surface area contributed by atoms with E-state index in [1.165, 1.54) is 30.3 Å². The monoisotopic (exact) mass is 460 g/mol. The summed E-state index contributed by atoms with van der Waals surface area (Å²) in [6.45, 7) is 9.43. The second-order valence-corrected chi connectivity index (χ2v) is 10.2. The quantitative estimate of drug-likeness (QED) is 0.630. The van der Waals surface area contributed by atoms with Crippen LogP contribution in [0, 0.1) is 17.2 Å². The smallest absolute Gasteiger partial charge is 0.162 e. The average Bonchev–Trinajstić information content (AvgIpc) is 3.31. The Balaban J connectivity index is 1.47. The summed E-state index contributed by atoms with van der Waals surface area (Å²) in [5, 5.41) is 8.84. The average molecular weight is 461 g/mol. The summed E-state index contributed by atoms with van der Waals surface area (Å²) < 4.78 is 20.2. The van der Waals surface area contributed by atoms with Gasteiger partial charge in [0.05, 0.1) is 23.4 Å². The molecule has 3 unspecified atom stereocenters. The van der Waals surface area contributed by atoms with E-state index >= 15 is 0 Å². The second kappa shape index (κ2) is 9.79. The number of aromatic nitrogens is 2. The van der Waals surface area contributed by atoms with Gasteiger partial charge in [0.25, 0.3) is 0 Å². The zero-order valence-electron chi connectivity index (χ0n) is 19.1. The van der Waals surface area contributed by atoms with E-state index < -0.39 is 11.7 Å². The summed E-state index contributed by atoms with van der Waals surface area (Å²) in [7, 11) is 0. The van der Waals surface area contributed by atoms with Crippen molar-refractivity contribution in [3.05, 3.63) is 41.4 Å². The van der Waals surface area contributed by atoms with Crippen LogP contribution in [0.1, 0.15) is 32.9 Å². The molecule has 0 radical (unpaired) electrons. The fourth-order valence-corrected chi connectivity index (χ4v) is 6.01. The molecular formula is C23H33FN6OS. The van der Waals surface area contributed by atoms with E-state index in [1.54, 1.807) is 0 Å². The molecule has 2 saturated heterocycles. The molecule has 0 aromatic carbocycles. The maximum atomic E-state index is 14.5. The van der Waals surface area contributed by atoms with Crippen LogP contribution in [0.15, 0.2) is 35.8 Å². The predicted octanol–water partition coefficient (Wildman–Crippen LogP) is 3.19. The number of nitrogens with two attached hydrogens (primary N) is 1. The van der Waals surface area contributed by atoms with Crippen molar-refractivity contribution in [1.82, 2.24) is 14.9 Å². The molecule has 0 saturated carbocycles. The molecule has 174 valence electrons. The molecule has 1 aromatic heterocycles. The molecule has 2 aliphatic heterocycles. The van der Waals surface area contributed by atoms with E-state index in [2.05, 4.69) is 19.8 Å². The summed E-state index contributed by atoms with van der Waals surface area (Å²) in [6, 6.07) is 2.57. The van der Waals surface area contributed by atoms with Crippen molar-refractivity contribution < 1.29 is 9.13 Å². The Kier molecular flexibility index (Phi) is 7.05. The highest BCUT2D eigenvalue weighted by atomic mass is 32.2. The molecule has 3 atom stereocenters. The third kappa shape index (κ3) is 4.78. The third-order valence-electron chi connectivity index (χ3n) is 6.46. The lowest BCUT2D eigenvalue weighted by molar-refractivity contribution is 0.109. The Morgan fingerprint density at radius 2 is 2.03 bits per heavy atom. The standard InChI is InChI=1S/C23H33FN6OS/c1-14(2)31-23-15(3)21(18(25)10-17(23)24)22(26)19-11-20(28-13-27-19)30-7-5-29(6-8-30)16-4-9-32-12-16/h10-11,13-16,21,26H,4-9,12,25H2,1-3H3. The molecule has 2 fully saturated rings. The molecule has 3 heterocycles. The van der Waals surface area contributed by atoms with Crippen LogP contribution in [0.5, 0.6) is 0 Å². The van der Waals surface area contributed by atoms with Gasteiger partial charge in [-0.2, -0.15) is 11.8 Å². The highest BCUT2D eigenvalue weighted by Crippen LogP contribution is 2.36. The van der Waals surface area contributed by atoms with Crippen molar-refractivity contribution in [3.8, 4) is 0 Å². The number of nitrogens with one attached hydrogen (secondary N) is 1. The fourth-order valence-electron chi connectivity index (χ4n) is 4.75. The number of allylic oxidation sites excluding steroid dienone is 4. The Morgan fingerprint density at radius 1 is 1.28 bits per heavy atom. The molecule has 1 aliphatic carbocycles. The lowest BCUT2D eigenvalue weighted by Crippen LogP contribution is -2.50. The minimum absolute atomic E-state index is 0.159. The van der Waals surface area contributed by atoms with Crippen molar-refractivity contribution in [2.75, 3.05) is 42.6 Å². The van der Waals surface area contributed by atoms with E-state index in [9.17, 15) is 4.39 Å². The maximum absolute atomic E-state index is 14.5. The normalized spacial score (nSPS) is 27.1. The van der Waals surface area contributed by atoms with Gasteiger partial charge in [-0.05, 0) is 32.1 Å². The van der Waals surface area contributed by atoms with Gasteiger partial charge >= 0.3 is 0 Å². The Morgan fingerprint density at radius 3 is 2.69 bits per heavy atom. The van der Waals surface area contributed by atoms with E-state index in [4.69, 9.17) is 15.9 Å². The Hall–Kier alpha value is -2.13. The molecule has 0 amide bonds. The minimum atomic E-state index is -0.497. The summed E-state index contributed by atoms with van der Waals surface area (Å²) in [6.07, 6.45) is 3.91. The zero-order valence-corrected chi connectivity index (χ0v) is 19.9. The summed E-state index contributed by atoms with van der Waals surface area (Å²) in [5.74, 6) is 2.23. The zero-order chi connectivity index (χ0) is 22.8. The number of hydrogen-bond donors (Lipinski definition) is 2. The van der Waals surface area contributed by atoms with Crippen molar-refractivity contribution in [2.45, 2.75) is 39.3 Å². The van der Waals surface area contributed by atoms with Crippen LogP contribution in [0.3, 0.4) is 0 Å². The van der Waals surface area contributed by atoms with Gasteiger partial charge in [-0.1, -0.05) is 6.92 Å². The summed E-state index contributed by atoms with van der Waals surface area (Å²) in [5.41, 5.74) is 7.27. The number of ether oxygens (including phenoxy) is 1. The largest absolute Gasteiger partial charge is 0.492 e. The number of hydrogen-bond acceptors (Lipinski definition) is 8. The first-order chi connectivity index (χ1) is 15.3. The van der Waals surface area contributed by atoms with E-state index in [0.717, 1.165) is 32.0 Å². The molecule has 3 N–H and O–H groups in total. The highest BCUT2D eigenvalue weighted by Gasteiger charge is 2.36. The number of thioether (sulfide) groups is 1. The molecule has 4 rings (SSSR count). The van der Waals surface area contributed by atoms with Gasteiger partial charge < -0.3 is 20.8 Å².